The van der Waals surface area contributed by atoms with Gasteiger partial charge in [-0.25, -0.2) is 4.39 Å². The maximum atomic E-state index is 14.3. The first-order valence-electron chi connectivity index (χ1n) is 13.4. The number of halogens is 1. The first-order chi connectivity index (χ1) is 19.2. The van der Waals surface area contributed by atoms with Gasteiger partial charge in [0.25, 0.3) is 0 Å². The Morgan fingerprint density at radius 3 is 2.35 bits per heavy atom. The average Bonchev–Trinajstić information content (AvgIpc) is 3.38. The minimum absolute atomic E-state index is 0.0437. The molecule has 0 aliphatic carbocycles. The first-order valence-corrected chi connectivity index (χ1v) is 13.4. The number of likely N-dealkylation sites (tertiary alicyclic amines) is 1. The fraction of sp³-hybridized carbons (Fsp3) is 0.419. The van der Waals surface area contributed by atoms with E-state index in [-0.39, 0.29) is 11.2 Å². The van der Waals surface area contributed by atoms with Crippen LogP contribution in [-0.4, -0.2) is 63.0 Å². The van der Waals surface area contributed by atoms with Gasteiger partial charge in [0.05, 0.1) is 19.8 Å². The van der Waals surface area contributed by atoms with Crippen LogP contribution in [0.15, 0.2) is 53.1 Å². The van der Waals surface area contributed by atoms with Gasteiger partial charge in [-0.05, 0) is 48.9 Å². The van der Waals surface area contributed by atoms with Gasteiger partial charge in [-0.15, -0.1) is 0 Å². The van der Waals surface area contributed by atoms with Crippen molar-refractivity contribution in [1.29, 1.82) is 0 Å². The van der Waals surface area contributed by atoms with Gasteiger partial charge in [-0.1, -0.05) is 37.8 Å². The van der Waals surface area contributed by atoms with Crippen molar-refractivity contribution in [2.75, 3.05) is 57.1 Å². The highest BCUT2D eigenvalue weighted by Crippen LogP contribution is 2.37. The molecule has 8 nitrogen and oxygen atoms in total. The molecule has 1 aromatic heterocycles. The van der Waals surface area contributed by atoms with Crippen molar-refractivity contribution in [3.05, 3.63) is 71.2 Å². The summed E-state index contributed by atoms with van der Waals surface area (Å²) in [6, 6.07) is 13.8. The van der Waals surface area contributed by atoms with E-state index >= 15 is 0 Å². The summed E-state index contributed by atoms with van der Waals surface area (Å²) >= 11 is 0. The third kappa shape index (κ3) is 7.84. The number of hydrogen-bond acceptors (Lipinski definition) is 7. The lowest BCUT2D eigenvalue weighted by Gasteiger charge is -2.55. The summed E-state index contributed by atoms with van der Waals surface area (Å²) in [5.74, 6) is 7.47. The molecule has 1 amide bonds. The number of nitrogens with zero attached hydrogens (tertiary/aromatic N) is 2. The Labute approximate surface area is 235 Å². The molecule has 2 fully saturated rings. The molecule has 9 heteroatoms. The molecule has 0 atom stereocenters. The van der Waals surface area contributed by atoms with Crippen molar-refractivity contribution >= 4 is 17.9 Å². The van der Waals surface area contributed by atoms with Crippen LogP contribution >= 0.6 is 0 Å². The molecule has 0 radical (unpaired) electrons. The Kier molecular flexibility index (Phi) is 9.46. The number of rotatable bonds is 8. The van der Waals surface area contributed by atoms with Crippen molar-refractivity contribution in [3.63, 3.8) is 0 Å². The number of benzene rings is 2. The van der Waals surface area contributed by atoms with E-state index in [2.05, 4.69) is 53.3 Å². The molecular formula is C31H37FN4O4. The van der Waals surface area contributed by atoms with Gasteiger partial charge in [-0.3, -0.25) is 4.79 Å². The lowest BCUT2D eigenvalue weighted by Crippen LogP contribution is -2.65. The molecule has 2 saturated heterocycles. The Hall–Kier alpha value is -3.87. The molecule has 1 spiro atoms. The fourth-order valence-corrected chi connectivity index (χ4v) is 4.41. The number of ether oxygens (including phenoxy) is 2. The molecule has 2 aliphatic heterocycles. The SMILES string of the molecule is CNc1cc(C(C)(C)C)on1.O=CNc1ccc(C#Cc2ccc(OCCCN3CC4(COC4)C3)c(F)c2)cc1. The highest BCUT2D eigenvalue weighted by Gasteiger charge is 2.48. The van der Waals surface area contributed by atoms with Crippen molar-refractivity contribution in [2.24, 2.45) is 5.41 Å². The topological polar surface area (TPSA) is 88.9 Å². The molecule has 40 heavy (non-hydrogen) atoms. The van der Waals surface area contributed by atoms with Crippen LogP contribution in [0.2, 0.25) is 0 Å². The second-order valence-electron chi connectivity index (χ2n) is 11.2. The monoisotopic (exact) mass is 548 g/mol. The third-order valence-electron chi connectivity index (χ3n) is 6.71. The van der Waals surface area contributed by atoms with Gasteiger partial charge in [0.2, 0.25) is 6.41 Å². The molecule has 0 bridgehead atoms. The fourth-order valence-electron chi connectivity index (χ4n) is 4.41. The van der Waals surface area contributed by atoms with Crippen LogP contribution < -0.4 is 15.4 Å². The summed E-state index contributed by atoms with van der Waals surface area (Å²) in [5, 5.41) is 9.29. The number of aromatic nitrogens is 1. The van der Waals surface area contributed by atoms with Gasteiger partial charge < -0.3 is 29.5 Å². The van der Waals surface area contributed by atoms with E-state index < -0.39 is 5.82 Å². The highest BCUT2D eigenvalue weighted by molar-refractivity contribution is 5.71. The minimum Gasteiger partial charge on any atom is -0.490 e. The predicted octanol–water partition coefficient (Wildman–Crippen LogP) is 4.91. The smallest absolute Gasteiger partial charge is 0.211 e. The summed E-state index contributed by atoms with van der Waals surface area (Å²) in [7, 11) is 1.82. The van der Waals surface area contributed by atoms with Gasteiger partial charge >= 0.3 is 0 Å². The summed E-state index contributed by atoms with van der Waals surface area (Å²) < 4.78 is 30.2. The molecule has 0 saturated carbocycles. The molecule has 3 aromatic rings. The maximum Gasteiger partial charge on any atom is 0.211 e. The van der Waals surface area contributed by atoms with E-state index in [1.807, 2.05) is 13.1 Å². The molecule has 0 unspecified atom stereocenters. The van der Waals surface area contributed by atoms with E-state index in [1.165, 1.54) is 6.07 Å². The van der Waals surface area contributed by atoms with Crippen LogP contribution in [0.5, 0.6) is 5.75 Å². The largest absolute Gasteiger partial charge is 0.490 e. The first kappa shape index (κ1) is 29.1. The third-order valence-corrected chi connectivity index (χ3v) is 6.71. The normalized spacial score (nSPS) is 15.4. The molecule has 2 aliphatic rings. The van der Waals surface area contributed by atoms with Crippen molar-refractivity contribution in [1.82, 2.24) is 10.1 Å². The quantitative estimate of drug-likeness (QED) is 0.235. The van der Waals surface area contributed by atoms with Gasteiger partial charge in [-0.2, -0.15) is 0 Å². The summed E-state index contributed by atoms with van der Waals surface area (Å²) in [5.41, 5.74) is 2.53. The number of anilines is 2. The average molecular weight is 549 g/mol. The number of amides is 1. The number of carbonyl (C=O) groups excluding carboxylic acids is 1. The summed E-state index contributed by atoms with van der Waals surface area (Å²) in [6.07, 6.45) is 1.49. The molecule has 2 N–H and O–H groups in total. The molecule has 5 rings (SSSR count). The van der Waals surface area contributed by atoms with E-state index in [9.17, 15) is 9.18 Å². The Morgan fingerprint density at radius 2 is 1.80 bits per heavy atom. The van der Waals surface area contributed by atoms with Crippen molar-refractivity contribution in [2.45, 2.75) is 32.6 Å². The lowest BCUT2D eigenvalue weighted by molar-refractivity contribution is -0.189. The predicted molar refractivity (Wildman–Crippen MR) is 153 cm³/mol. The number of hydrogen-bond donors (Lipinski definition) is 2. The number of nitrogens with one attached hydrogen (secondary N) is 2. The van der Waals surface area contributed by atoms with Crippen LogP contribution in [0.4, 0.5) is 15.9 Å². The van der Waals surface area contributed by atoms with Gasteiger partial charge in [0.15, 0.2) is 17.4 Å². The molecule has 2 aromatic carbocycles. The second kappa shape index (κ2) is 13.0. The standard InChI is InChI=1S/C23H23FN2O3.C8H14N2O/c24-21-12-19(3-2-18-4-7-20(8-5-18)25-17-27)6-9-22(21)29-11-1-10-26-13-23(14-26)15-28-16-23;1-8(2,3)6-5-7(9-4)10-11-6/h4-9,12,17H,1,10-11,13-16H2,(H,25,27);5H,1-4H3,(H,9,10). The van der Waals surface area contributed by atoms with Gasteiger partial charge in [0, 0.05) is 60.4 Å². The molecular weight excluding hydrogens is 511 g/mol. The van der Waals surface area contributed by atoms with Crippen LogP contribution in [0.25, 0.3) is 0 Å². The molecule has 3 heterocycles. The Morgan fingerprint density at radius 1 is 1.10 bits per heavy atom. The Bertz CT molecular complexity index is 1330. The maximum absolute atomic E-state index is 14.3. The zero-order valence-electron chi connectivity index (χ0n) is 23.6. The highest BCUT2D eigenvalue weighted by atomic mass is 19.1. The van der Waals surface area contributed by atoms with Crippen molar-refractivity contribution in [3.8, 4) is 17.6 Å². The van der Waals surface area contributed by atoms with Crippen LogP contribution in [0.3, 0.4) is 0 Å². The minimum atomic E-state index is -0.406. The van der Waals surface area contributed by atoms with E-state index in [1.54, 1.807) is 36.4 Å². The summed E-state index contributed by atoms with van der Waals surface area (Å²) in [4.78, 5) is 12.8. The van der Waals surface area contributed by atoms with Crippen LogP contribution in [0, 0.1) is 23.1 Å². The van der Waals surface area contributed by atoms with E-state index in [0.717, 1.165) is 56.4 Å². The van der Waals surface area contributed by atoms with E-state index in [4.69, 9.17) is 14.0 Å². The summed E-state index contributed by atoms with van der Waals surface area (Å²) in [6.45, 7) is 11.7. The molecule has 212 valence electrons. The van der Waals surface area contributed by atoms with Crippen LogP contribution in [-0.2, 0) is 14.9 Å². The lowest BCUT2D eigenvalue weighted by atomic mass is 9.78. The number of carbonyl (C=O) groups is 1. The zero-order chi connectivity index (χ0) is 28.6. The Balaban J connectivity index is 0.000000283. The second-order valence-corrected chi connectivity index (χ2v) is 11.2. The zero-order valence-corrected chi connectivity index (χ0v) is 23.6. The van der Waals surface area contributed by atoms with Crippen LogP contribution in [0.1, 0.15) is 44.1 Å². The van der Waals surface area contributed by atoms with Gasteiger partial charge in [0.1, 0.15) is 5.76 Å². The van der Waals surface area contributed by atoms with Crippen molar-refractivity contribution < 1.29 is 23.2 Å². The van der Waals surface area contributed by atoms with E-state index in [0.29, 0.717) is 29.7 Å².